The van der Waals surface area contributed by atoms with Gasteiger partial charge in [0, 0.05) is 7.11 Å². The number of hydrogen-bond acceptors (Lipinski definition) is 2. The summed E-state index contributed by atoms with van der Waals surface area (Å²) in [6.07, 6.45) is 3.97. The standard InChI is InChI=1S/C8H16O2/c1-5-6-7(2)10-8(3)9-4/h5-8H,1-4H3/b6-5+. The van der Waals surface area contributed by atoms with E-state index in [1.165, 1.54) is 0 Å². The van der Waals surface area contributed by atoms with E-state index in [-0.39, 0.29) is 12.4 Å². The van der Waals surface area contributed by atoms with Gasteiger partial charge in [0.1, 0.15) is 0 Å². The van der Waals surface area contributed by atoms with Gasteiger partial charge in [0.2, 0.25) is 0 Å². The van der Waals surface area contributed by atoms with Crippen LogP contribution in [0, 0.1) is 0 Å². The SMILES string of the molecule is C/C=C/C(C)OC(C)OC. The first-order chi connectivity index (χ1) is 4.70. The molecule has 0 amide bonds. The summed E-state index contributed by atoms with van der Waals surface area (Å²) in [6.45, 7) is 5.83. The van der Waals surface area contributed by atoms with Crippen LogP contribution in [0.15, 0.2) is 12.2 Å². The number of methoxy groups -OCH3 is 1. The Bertz CT molecular complexity index is 99.4. The molecule has 2 heteroatoms. The van der Waals surface area contributed by atoms with Crippen molar-refractivity contribution in [3.63, 3.8) is 0 Å². The van der Waals surface area contributed by atoms with E-state index in [0.717, 1.165) is 0 Å². The fraction of sp³-hybridized carbons (Fsp3) is 0.750. The summed E-state index contributed by atoms with van der Waals surface area (Å²) in [4.78, 5) is 0. The molecule has 2 unspecified atom stereocenters. The molecule has 0 rings (SSSR count). The molecule has 0 spiro atoms. The van der Waals surface area contributed by atoms with Gasteiger partial charge in [-0.25, -0.2) is 0 Å². The molecule has 0 heterocycles. The third kappa shape index (κ3) is 4.53. The van der Waals surface area contributed by atoms with Crippen molar-refractivity contribution in [1.29, 1.82) is 0 Å². The molecule has 0 fully saturated rings. The lowest BCUT2D eigenvalue weighted by Crippen LogP contribution is -2.16. The van der Waals surface area contributed by atoms with Crippen LogP contribution in [-0.4, -0.2) is 19.5 Å². The topological polar surface area (TPSA) is 18.5 Å². The largest absolute Gasteiger partial charge is 0.356 e. The zero-order chi connectivity index (χ0) is 7.98. The summed E-state index contributed by atoms with van der Waals surface area (Å²) < 4.78 is 10.2. The van der Waals surface area contributed by atoms with E-state index in [9.17, 15) is 0 Å². The van der Waals surface area contributed by atoms with Gasteiger partial charge < -0.3 is 9.47 Å². The highest BCUT2D eigenvalue weighted by Gasteiger charge is 2.01. The average molecular weight is 144 g/mol. The first kappa shape index (κ1) is 9.66. The second-order valence-electron chi connectivity index (χ2n) is 2.17. The van der Waals surface area contributed by atoms with Crippen LogP contribution in [0.25, 0.3) is 0 Å². The van der Waals surface area contributed by atoms with Gasteiger partial charge in [-0.3, -0.25) is 0 Å². The maximum atomic E-state index is 5.33. The zero-order valence-electron chi connectivity index (χ0n) is 7.13. The highest BCUT2D eigenvalue weighted by atomic mass is 16.7. The maximum absolute atomic E-state index is 5.33. The van der Waals surface area contributed by atoms with Crippen molar-refractivity contribution in [2.45, 2.75) is 33.2 Å². The molecule has 0 aliphatic rings. The average Bonchev–Trinajstić information content (AvgIpc) is 1.88. The molecular weight excluding hydrogens is 128 g/mol. The minimum Gasteiger partial charge on any atom is -0.356 e. The van der Waals surface area contributed by atoms with Gasteiger partial charge in [-0.15, -0.1) is 0 Å². The van der Waals surface area contributed by atoms with Gasteiger partial charge in [0.15, 0.2) is 6.29 Å². The first-order valence-corrected chi connectivity index (χ1v) is 3.51. The number of hydrogen-bond donors (Lipinski definition) is 0. The van der Waals surface area contributed by atoms with E-state index in [0.29, 0.717) is 0 Å². The highest BCUT2D eigenvalue weighted by Crippen LogP contribution is 1.99. The first-order valence-electron chi connectivity index (χ1n) is 3.51. The Hall–Kier alpha value is -0.340. The van der Waals surface area contributed by atoms with E-state index in [4.69, 9.17) is 9.47 Å². The molecule has 0 bridgehead atoms. The Morgan fingerprint density at radius 2 is 1.90 bits per heavy atom. The molecule has 2 nitrogen and oxygen atoms in total. The quantitative estimate of drug-likeness (QED) is 0.443. The summed E-state index contributed by atoms with van der Waals surface area (Å²) in [6, 6.07) is 0. The smallest absolute Gasteiger partial charge is 0.155 e. The molecule has 0 saturated carbocycles. The number of allylic oxidation sites excluding steroid dienone is 1. The van der Waals surface area contributed by atoms with E-state index in [1.54, 1.807) is 7.11 Å². The Morgan fingerprint density at radius 1 is 1.30 bits per heavy atom. The summed E-state index contributed by atoms with van der Waals surface area (Å²) in [5.41, 5.74) is 0. The Kier molecular flexibility index (Phi) is 5.26. The fourth-order valence-corrected chi connectivity index (χ4v) is 0.674. The lowest BCUT2D eigenvalue weighted by atomic mass is 10.3. The third-order valence-electron chi connectivity index (χ3n) is 1.20. The van der Waals surface area contributed by atoms with Gasteiger partial charge in [-0.1, -0.05) is 12.2 Å². The van der Waals surface area contributed by atoms with Gasteiger partial charge in [-0.05, 0) is 20.8 Å². The van der Waals surface area contributed by atoms with Crippen LogP contribution in [0.4, 0.5) is 0 Å². The summed E-state index contributed by atoms with van der Waals surface area (Å²) in [5, 5.41) is 0. The molecule has 0 aliphatic heterocycles. The number of rotatable bonds is 4. The Balaban J connectivity index is 3.46. The normalized spacial score (nSPS) is 17.6. The molecule has 0 aromatic heterocycles. The molecule has 0 aromatic rings. The van der Waals surface area contributed by atoms with Crippen LogP contribution in [0.3, 0.4) is 0 Å². The van der Waals surface area contributed by atoms with Gasteiger partial charge in [0.05, 0.1) is 6.10 Å². The van der Waals surface area contributed by atoms with Crippen LogP contribution in [0.1, 0.15) is 20.8 Å². The predicted octanol–water partition coefficient (Wildman–Crippen LogP) is 1.96. The van der Waals surface area contributed by atoms with Crippen molar-refractivity contribution in [1.82, 2.24) is 0 Å². The van der Waals surface area contributed by atoms with Gasteiger partial charge in [0.25, 0.3) is 0 Å². The Labute approximate surface area is 62.8 Å². The monoisotopic (exact) mass is 144 g/mol. The van der Waals surface area contributed by atoms with Crippen molar-refractivity contribution in [2.24, 2.45) is 0 Å². The molecular formula is C8H16O2. The van der Waals surface area contributed by atoms with E-state index in [1.807, 2.05) is 32.9 Å². The number of ether oxygens (including phenoxy) is 2. The highest BCUT2D eigenvalue weighted by molar-refractivity contribution is 4.83. The van der Waals surface area contributed by atoms with Crippen molar-refractivity contribution < 1.29 is 9.47 Å². The molecule has 60 valence electrons. The maximum Gasteiger partial charge on any atom is 0.155 e. The van der Waals surface area contributed by atoms with Crippen molar-refractivity contribution in [2.75, 3.05) is 7.11 Å². The Morgan fingerprint density at radius 3 is 2.30 bits per heavy atom. The van der Waals surface area contributed by atoms with E-state index >= 15 is 0 Å². The van der Waals surface area contributed by atoms with Crippen molar-refractivity contribution >= 4 is 0 Å². The third-order valence-corrected chi connectivity index (χ3v) is 1.20. The van der Waals surface area contributed by atoms with Crippen LogP contribution < -0.4 is 0 Å². The van der Waals surface area contributed by atoms with Crippen LogP contribution in [0.5, 0.6) is 0 Å². The predicted molar refractivity (Wildman–Crippen MR) is 41.8 cm³/mol. The summed E-state index contributed by atoms with van der Waals surface area (Å²) in [7, 11) is 1.63. The van der Waals surface area contributed by atoms with Gasteiger partial charge >= 0.3 is 0 Å². The second kappa shape index (κ2) is 5.45. The minimum atomic E-state index is -0.119. The van der Waals surface area contributed by atoms with Crippen LogP contribution in [-0.2, 0) is 9.47 Å². The van der Waals surface area contributed by atoms with E-state index < -0.39 is 0 Å². The van der Waals surface area contributed by atoms with Crippen LogP contribution >= 0.6 is 0 Å². The van der Waals surface area contributed by atoms with Crippen molar-refractivity contribution in [3.05, 3.63) is 12.2 Å². The summed E-state index contributed by atoms with van der Waals surface area (Å²) in [5.74, 6) is 0. The molecule has 0 saturated heterocycles. The molecule has 0 radical (unpaired) electrons. The zero-order valence-corrected chi connectivity index (χ0v) is 7.13. The molecule has 0 aromatic carbocycles. The van der Waals surface area contributed by atoms with Crippen LogP contribution in [0.2, 0.25) is 0 Å². The van der Waals surface area contributed by atoms with Crippen molar-refractivity contribution in [3.8, 4) is 0 Å². The second-order valence-corrected chi connectivity index (χ2v) is 2.17. The minimum absolute atomic E-state index is 0.119. The lowest BCUT2D eigenvalue weighted by molar-refractivity contribution is -0.126. The lowest BCUT2D eigenvalue weighted by Gasteiger charge is -2.14. The summed E-state index contributed by atoms with van der Waals surface area (Å²) >= 11 is 0. The fourth-order valence-electron chi connectivity index (χ4n) is 0.674. The van der Waals surface area contributed by atoms with E-state index in [2.05, 4.69) is 0 Å². The molecule has 0 N–H and O–H groups in total. The molecule has 10 heavy (non-hydrogen) atoms. The molecule has 0 aliphatic carbocycles. The molecule has 2 atom stereocenters. The van der Waals surface area contributed by atoms with Gasteiger partial charge in [-0.2, -0.15) is 0 Å².